The van der Waals surface area contributed by atoms with Crippen LogP contribution in [-0.4, -0.2) is 56.5 Å². The van der Waals surface area contributed by atoms with Crippen molar-refractivity contribution in [3.05, 3.63) is 23.3 Å². The molecule has 128 valence electrons. The third-order valence-electron chi connectivity index (χ3n) is 3.55. The number of hydrogen-bond donors (Lipinski definition) is 3. The van der Waals surface area contributed by atoms with E-state index in [4.69, 9.17) is 4.55 Å². The highest BCUT2D eigenvalue weighted by atomic mass is 32.3. The molecule has 1 amide bonds. The van der Waals surface area contributed by atoms with Crippen LogP contribution in [0.3, 0.4) is 0 Å². The SMILES string of the molecule is Cc1cc(OS(=O)(=O)O)cc(C)c1NC(=O)CN1CCNCC1. The molecule has 0 radical (unpaired) electrons. The van der Waals surface area contributed by atoms with Crippen LogP contribution in [-0.2, 0) is 15.2 Å². The number of carbonyl (C=O) groups is 1. The van der Waals surface area contributed by atoms with E-state index in [-0.39, 0.29) is 11.7 Å². The van der Waals surface area contributed by atoms with Gasteiger partial charge in [-0.05, 0) is 37.1 Å². The number of rotatable bonds is 5. The first-order valence-electron chi connectivity index (χ1n) is 7.25. The van der Waals surface area contributed by atoms with E-state index >= 15 is 0 Å². The van der Waals surface area contributed by atoms with Gasteiger partial charge in [-0.3, -0.25) is 14.2 Å². The summed E-state index contributed by atoms with van der Waals surface area (Å²) in [4.78, 5) is 14.2. The van der Waals surface area contributed by atoms with Crippen LogP contribution in [0, 0.1) is 13.8 Å². The maximum Gasteiger partial charge on any atom is 0.446 e. The van der Waals surface area contributed by atoms with E-state index in [1.54, 1.807) is 13.8 Å². The fourth-order valence-electron chi connectivity index (χ4n) is 2.54. The van der Waals surface area contributed by atoms with E-state index in [1.807, 2.05) is 0 Å². The van der Waals surface area contributed by atoms with E-state index in [2.05, 4.69) is 19.7 Å². The van der Waals surface area contributed by atoms with Gasteiger partial charge in [-0.25, -0.2) is 0 Å². The molecule has 0 atom stereocenters. The van der Waals surface area contributed by atoms with Gasteiger partial charge in [-0.1, -0.05) is 0 Å². The van der Waals surface area contributed by atoms with Crippen molar-refractivity contribution >= 4 is 22.0 Å². The highest BCUT2D eigenvalue weighted by molar-refractivity contribution is 7.81. The molecule has 1 fully saturated rings. The molecule has 0 spiro atoms. The second-order valence-electron chi connectivity index (χ2n) is 5.52. The van der Waals surface area contributed by atoms with Gasteiger partial charge in [-0.15, -0.1) is 0 Å². The number of nitrogens with one attached hydrogen (secondary N) is 2. The van der Waals surface area contributed by atoms with Crippen LogP contribution in [0.5, 0.6) is 5.75 Å². The summed E-state index contributed by atoms with van der Waals surface area (Å²) in [7, 11) is -4.57. The molecule has 2 rings (SSSR count). The summed E-state index contributed by atoms with van der Waals surface area (Å²) in [5.74, 6) is -0.121. The molecule has 23 heavy (non-hydrogen) atoms. The minimum Gasteiger partial charge on any atom is -0.362 e. The van der Waals surface area contributed by atoms with Crippen molar-refractivity contribution in [1.82, 2.24) is 10.2 Å². The predicted octanol–water partition coefficient (Wildman–Crippen LogP) is 0.329. The zero-order chi connectivity index (χ0) is 17.0. The Balaban J connectivity index is 2.05. The van der Waals surface area contributed by atoms with Gasteiger partial charge >= 0.3 is 10.4 Å². The lowest BCUT2D eigenvalue weighted by atomic mass is 10.1. The Labute approximate surface area is 135 Å². The van der Waals surface area contributed by atoms with Gasteiger partial charge in [0.2, 0.25) is 5.91 Å². The number of piperazine rings is 1. The van der Waals surface area contributed by atoms with Gasteiger partial charge < -0.3 is 14.8 Å². The molecule has 1 aliphatic heterocycles. The normalized spacial score (nSPS) is 16.1. The Morgan fingerprint density at radius 3 is 2.39 bits per heavy atom. The molecule has 0 bridgehead atoms. The van der Waals surface area contributed by atoms with E-state index in [0.717, 1.165) is 26.2 Å². The Hall–Kier alpha value is -1.68. The number of amides is 1. The Kier molecular flexibility index (Phi) is 5.58. The van der Waals surface area contributed by atoms with Crippen LogP contribution < -0.4 is 14.8 Å². The molecule has 1 aliphatic rings. The number of anilines is 1. The van der Waals surface area contributed by atoms with Crippen molar-refractivity contribution in [3.63, 3.8) is 0 Å². The summed E-state index contributed by atoms with van der Waals surface area (Å²) < 4.78 is 34.7. The molecule has 0 aliphatic carbocycles. The highest BCUT2D eigenvalue weighted by Crippen LogP contribution is 2.27. The molecule has 1 aromatic carbocycles. The summed E-state index contributed by atoms with van der Waals surface area (Å²) in [6.45, 7) is 7.15. The first-order valence-corrected chi connectivity index (χ1v) is 8.62. The zero-order valence-corrected chi connectivity index (χ0v) is 13.9. The monoisotopic (exact) mass is 343 g/mol. The molecule has 1 saturated heterocycles. The average molecular weight is 343 g/mol. The summed E-state index contributed by atoms with van der Waals surface area (Å²) in [5.41, 5.74) is 1.92. The van der Waals surface area contributed by atoms with Crippen LogP contribution in [0.2, 0.25) is 0 Å². The number of nitrogens with zero attached hydrogens (tertiary/aromatic N) is 1. The molecule has 3 N–H and O–H groups in total. The van der Waals surface area contributed by atoms with Crippen LogP contribution in [0.1, 0.15) is 11.1 Å². The van der Waals surface area contributed by atoms with Crippen LogP contribution in [0.25, 0.3) is 0 Å². The first kappa shape index (κ1) is 17.7. The van der Waals surface area contributed by atoms with Gasteiger partial charge in [0.25, 0.3) is 0 Å². The molecule has 8 nitrogen and oxygen atoms in total. The second-order valence-corrected chi connectivity index (χ2v) is 6.54. The maximum absolute atomic E-state index is 12.2. The number of hydrogen-bond acceptors (Lipinski definition) is 6. The lowest BCUT2D eigenvalue weighted by Gasteiger charge is -2.26. The van der Waals surface area contributed by atoms with Crippen molar-refractivity contribution in [2.45, 2.75) is 13.8 Å². The molecular formula is C14H21N3O5S. The summed E-state index contributed by atoms with van der Waals surface area (Å²) >= 11 is 0. The molecular weight excluding hydrogens is 322 g/mol. The quantitative estimate of drug-likeness (QED) is 0.661. The summed E-state index contributed by atoms with van der Waals surface area (Å²) in [6.07, 6.45) is 0. The highest BCUT2D eigenvalue weighted by Gasteiger charge is 2.16. The van der Waals surface area contributed by atoms with Crippen molar-refractivity contribution < 1.29 is 21.9 Å². The summed E-state index contributed by atoms with van der Waals surface area (Å²) in [6, 6.07) is 2.89. The van der Waals surface area contributed by atoms with E-state index < -0.39 is 10.4 Å². The van der Waals surface area contributed by atoms with Gasteiger partial charge in [-0.2, -0.15) is 8.42 Å². The maximum atomic E-state index is 12.2. The topological polar surface area (TPSA) is 108 Å². The predicted molar refractivity (Wildman–Crippen MR) is 86.0 cm³/mol. The van der Waals surface area contributed by atoms with E-state index in [9.17, 15) is 13.2 Å². The largest absolute Gasteiger partial charge is 0.446 e. The average Bonchev–Trinajstić information content (AvgIpc) is 2.42. The van der Waals surface area contributed by atoms with Crippen molar-refractivity contribution in [2.24, 2.45) is 0 Å². The minimum absolute atomic E-state index is 0.00241. The lowest BCUT2D eigenvalue weighted by Crippen LogP contribution is -2.46. The molecule has 1 aromatic rings. The minimum atomic E-state index is -4.57. The van der Waals surface area contributed by atoms with Gasteiger partial charge in [0, 0.05) is 31.9 Å². The van der Waals surface area contributed by atoms with Crippen molar-refractivity contribution in [1.29, 1.82) is 0 Å². The number of carbonyl (C=O) groups excluding carboxylic acids is 1. The Morgan fingerprint density at radius 2 is 1.87 bits per heavy atom. The van der Waals surface area contributed by atoms with Gasteiger partial charge in [0.1, 0.15) is 5.75 Å². The van der Waals surface area contributed by atoms with Gasteiger partial charge in [0.15, 0.2) is 0 Å². The number of benzene rings is 1. The molecule has 1 heterocycles. The zero-order valence-electron chi connectivity index (χ0n) is 13.1. The molecule has 0 aromatic heterocycles. The van der Waals surface area contributed by atoms with E-state index in [0.29, 0.717) is 23.4 Å². The fourth-order valence-corrected chi connectivity index (χ4v) is 2.88. The van der Waals surface area contributed by atoms with Crippen molar-refractivity contribution in [3.8, 4) is 5.75 Å². The lowest BCUT2D eigenvalue weighted by molar-refractivity contribution is -0.117. The smallest absolute Gasteiger partial charge is 0.362 e. The Morgan fingerprint density at radius 1 is 1.30 bits per heavy atom. The third kappa shape index (κ3) is 5.47. The van der Waals surface area contributed by atoms with Crippen LogP contribution in [0.15, 0.2) is 12.1 Å². The van der Waals surface area contributed by atoms with Crippen LogP contribution >= 0.6 is 0 Å². The third-order valence-corrected chi connectivity index (χ3v) is 3.95. The summed E-state index contributed by atoms with van der Waals surface area (Å²) in [5, 5.41) is 6.07. The first-order chi connectivity index (χ1) is 10.7. The second kappa shape index (κ2) is 7.26. The molecule has 9 heteroatoms. The molecule has 0 saturated carbocycles. The number of aryl methyl sites for hydroxylation is 2. The Bertz CT molecular complexity index is 661. The molecule has 0 unspecified atom stereocenters. The van der Waals surface area contributed by atoms with Gasteiger partial charge in [0.05, 0.1) is 6.54 Å². The van der Waals surface area contributed by atoms with Crippen LogP contribution in [0.4, 0.5) is 5.69 Å². The van der Waals surface area contributed by atoms with E-state index in [1.165, 1.54) is 12.1 Å². The fraction of sp³-hybridized carbons (Fsp3) is 0.500. The standard InChI is InChI=1S/C14H21N3O5S/c1-10-7-12(22-23(19,20)21)8-11(2)14(10)16-13(18)9-17-5-3-15-4-6-17/h7-8,15H,3-6,9H2,1-2H3,(H,16,18)(H,19,20,21). The van der Waals surface area contributed by atoms with Crippen molar-refractivity contribution in [2.75, 3.05) is 38.0 Å².